The van der Waals surface area contributed by atoms with Crippen LogP contribution < -0.4 is 15.8 Å². The van der Waals surface area contributed by atoms with E-state index < -0.39 is 0 Å². The Hall–Kier alpha value is -1.85. The Labute approximate surface area is 145 Å². The lowest BCUT2D eigenvalue weighted by atomic mass is 9.95. The molecule has 2 rings (SSSR count). The van der Waals surface area contributed by atoms with Crippen molar-refractivity contribution in [1.82, 2.24) is 5.32 Å². The second kappa shape index (κ2) is 8.70. The first-order chi connectivity index (χ1) is 11.1. The highest BCUT2D eigenvalue weighted by atomic mass is 79.9. The number of benzene rings is 2. The molecule has 0 aliphatic heterocycles. The van der Waals surface area contributed by atoms with E-state index in [-0.39, 0.29) is 17.9 Å². The number of ether oxygens (including phenoxy) is 1. The summed E-state index contributed by atoms with van der Waals surface area (Å²) in [5, 5.41) is 2.86. The first-order valence-corrected chi connectivity index (χ1v) is 8.34. The molecule has 0 fully saturated rings. The van der Waals surface area contributed by atoms with Gasteiger partial charge in [0.1, 0.15) is 12.4 Å². The largest absolute Gasteiger partial charge is 0.492 e. The molecule has 0 bridgehead atoms. The van der Waals surface area contributed by atoms with E-state index in [0.29, 0.717) is 13.2 Å². The first kappa shape index (κ1) is 17.5. The highest BCUT2D eigenvalue weighted by molar-refractivity contribution is 9.10. The van der Waals surface area contributed by atoms with Crippen molar-refractivity contribution in [3.8, 4) is 5.75 Å². The van der Waals surface area contributed by atoms with Gasteiger partial charge < -0.3 is 15.8 Å². The van der Waals surface area contributed by atoms with Crippen LogP contribution in [0, 0.1) is 5.92 Å². The average molecular weight is 377 g/mol. The Morgan fingerprint density at radius 2 is 1.96 bits per heavy atom. The van der Waals surface area contributed by atoms with Gasteiger partial charge in [0.25, 0.3) is 0 Å². The van der Waals surface area contributed by atoms with Crippen LogP contribution in [0.5, 0.6) is 5.75 Å². The second-order valence-corrected chi connectivity index (χ2v) is 6.24. The van der Waals surface area contributed by atoms with Gasteiger partial charge in [0.2, 0.25) is 5.91 Å². The Bertz CT molecular complexity index is 634. The van der Waals surface area contributed by atoms with Gasteiger partial charge in [0.15, 0.2) is 0 Å². The van der Waals surface area contributed by atoms with Crippen LogP contribution in [0.1, 0.15) is 18.5 Å². The molecule has 23 heavy (non-hydrogen) atoms. The molecule has 122 valence electrons. The van der Waals surface area contributed by atoms with Crippen LogP contribution in [0.4, 0.5) is 0 Å². The third kappa shape index (κ3) is 5.37. The standard InChI is InChI=1S/C18H21BrN2O2/c1-13(17(20)14-6-3-2-4-7-14)18(22)21-10-11-23-16-9-5-8-15(19)12-16/h2-9,12-13,17H,10-11,20H2,1H3,(H,21,22). The van der Waals surface area contributed by atoms with Gasteiger partial charge >= 0.3 is 0 Å². The van der Waals surface area contributed by atoms with Gasteiger partial charge in [-0.05, 0) is 23.8 Å². The number of amides is 1. The highest BCUT2D eigenvalue weighted by Crippen LogP contribution is 2.19. The van der Waals surface area contributed by atoms with Gasteiger partial charge in [-0.25, -0.2) is 0 Å². The van der Waals surface area contributed by atoms with Crippen molar-refractivity contribution in [3.63, 3.8) is 0 Å². The van der Waals surface area contributed by atoms with Crippen molar-refractivity contribution in [2.75, 3.05) is 13.2 Å². The average Bonchev–Trinajstić information content (AvgIpc) is 2.58. The molecule has 1 amide bonds. The number of nitrogens with one attached hydrogen (secondary N) is 1. The molecule has 2 unspecified atom stereocenters. The molecule has 4 nitrogen and oxygen atoms in total. The summed E-state index contributed by atoms with van der Waals surface area (Å²) in [5.74, 6) is 0.394. The van der Waals surface area contributed by atoms with Gasteiger partial charge in [-0.3, -0.25) is 4.79 Å². The molecule has 0 saturated carbocycles. The van der Waals surface area contributed by atoms with Gasteiger partial charge in [-0.15, -0.1) is 0 Å². The smallest absolute Gasteiger partial charge is 0.224 e. The van der Waals surface area contributed by atoms with Gasteiger partial charge in [0.05, 0.1) is 12.5 Å². The second-order valence-electron chi connectivity index (χ2n) is 5.32. The predicted octanol–water partition coefficient (Wildman–Crippen LogP) is 3.28. The predicted molar refractivity (Wildman–Crippen MR) is 95.2 cm³/mol. The van der Waals surface area contributed by atoms with Crippen LogP contribution in [0.3, 0.4) is 0 Å². The fourth-order valence-electron chi connectivity index (χ4n) is 2.19. The number of nitrogens with two attached hydrogens (primary N) is 1. The monoisotopic (exact) mass is 376 g/mol. The Morgan fingerprint density at radius 3 is 2.65 bits per heavy atom. The van der Waals surface area contributed by atoms with Crippen molar-refractivity contribution in [2.45, 2.75) is 13.0 Å². The number of carbonyl (C=O) groups is 1. The molecule has 0 aliphatic carbocycles. The molecule has 0 radical (unpaired) electrons. The number of hydrogen-bond donors (Lipinski definition) is 2. The molecule has 2 aromatic carbocycles. The molecule has 5 heteroatoms. The summed E-state index contributed by atoms with van der Waals surface area (Å²) in [5.41, 5.74) is 7.11. The maximum Gasteiger partial charge on any atom is 0.224 e. The maximum absolute atomic E-state index is 12.2. The molecular formula is C18H21BrN2O2. The third-order valence-electron chi connectivity index (χ3n) is 3.60. The molecule has 2 atom stereocenters. The normalized spacial score (nSPS) is 13.2. The number of hydrogen-bond acceptors (Lipinski definition) is 3. The van der Waals surface area contributed by atoms with E-state index in [2.05, 4.69) is 21.2 Å². The number of rotatable bonds is 7. The van der Waals surface area contributed by atoms with Crippen LogP contribution in [-0.4, -0.2) is 19.1 Å². The van der Waals surface area contributed by atoms with Crippen LogP contribution in [0.25, 0.3) is 0 Å². The summed E-state index contributed by atoms with van der Waals surface area (Å²) in [6.07, 6.45) is 0. The molecule has 2 aromatic rings. The van der Waals surface area contributed by atoms with Crippen molar-refractivity contribution in [3.05, 3.63) is 64.6 Å². The lowest BCUT2D eigenvalue weighted by molar-refractivity contribution is -0.125. The van der Waals surface area contributed by atoms with E-state index in [1.807, 2.05) is 61.5 Å². The topological polar surface area (TPSA) is 64.3 Å². The minimum absolute atomic E-state index is 0.0702. The van der Waals surface area contributed by atoms with Crippen LogP contribution >= 0.6 is 15.9 Å². The summed E-state index contributed by atoms with van der Waals surface area (Å²) in [4.78, 5) is 12.2. The van der Waals surface area contributed by atoms with Gasteiger partial charge in [-0.2, -0.15) is 0 Å². The fraction of sp³-hybridized carbons (Fsp3) is 0.278. The molecule has 0 spiro atoms. The SMILES string of the molecule is CC(C(=O)NCCOc1cccc(Br)c1)C(N)c1ccccc1. The van der Waals surface area contributed by atoms with E-state index in [4.69, 9.17) is 10.5 Å². The van der Waals surface area contributed by atoms with Crippen LogP contribution in [0.15, 0.2) is 59.1 Å². The number of halogens is 1. The van der Waals surface area contributed by atoms with E-state index in [0.717, 1.165) is 15.8 Å². The zero-order valence-corrected chi connectivity index (χ0v) is 14.6. The van der Waals surface area contributed by atoms with E-state index in [1.165, 1.54) is 0 Å². The lowest BCUT2D eigenvalue weighted by Crippen LogP contribution is -2.37. The van der Waals surface area contributed by atoms with Crippen molar-refractivity contribution >= 4 is 21.8 Å². The van der Waals surface area contributed by atoms with Crippen molar-refractivity contribution in [2.24, 2.45) is 11.7 Å². The minimum Gasteiger partial charge on any atom is -0.492 e. The Balaban J connectivity index is 1.76. The zero-order chi connectivity index (χ0) is 16.7. The van der Waals surface area contributed by atoms with Crippen molar-refractivity contribution < 1.29 is 9.53 Å². The lowest BCUT2D eigenvalue weighted by Gasteiger charge is -2.19. The molecule has 0 saturated heterocycles. The Kier molecular flexibility index (Phi) is 6.62. The quantitative estimate of drug-likeness (QED) is 0.728. The van der Waals surface area contributed by atoms with E-state index in [9.17, 15) is 4.79 Å². The Morgan fingerprint density at radius 1 is 1.22 bits per heavy atom. The summed E-state index contributed by atoms with van der Waals surface area (Å²) in [6.45, 7) is 2.69. The summed E-state index contributed by atoms with van der Waals surface area (Å²) >= 11 is 3.39. The fourth-order valence-corrected chi connectivity index (χ4v) is 2.57. The molecular weight excluding hydrogens is 356 g/mol. The summed E-state index contributed by atoms with van der Waals surface area (Å²) in [6, 6.07) is 16.9. The van der Waals surface area contributed by atoms with Crippen molar-refractivity contribution in [1.29, 1.82) is 0 Å². The highest BCUT2D eigenvalue weighted by Gasteiger charge is 2.21. The maximum atomic E-state index is 12.2. The molecule has 3 N–H and O–H groups in total. The third-order valence-corrected chi connectivity index (χ3v) is 4.10. The van der Waals surface area contributed by atoms with Crippen LogP contribution in [-0.2, 0) is 4.79 Å². The van der Waals surface area contributed by atoms with Gasteiger partial charge in [0, 0.05) is 10.5 Å². The van der Waals surface area contributed by atoms with E-state index in [1.54, 1.807) is 0 Å². The number of carbonyl (C=O) groups excluding carboxylic acids is 1. The molecule has 0 aromatic heterocycles. The summed E-state index contributed by atoms with van der Waals surface area (Å²) in [7, 11) is 0. The summed E-state index contributed by atoms with van der Waals surface area (Å²) < 4.78 is 6.55. The van der Waals surface area contributed by atoms with Crippen LogP contribution in [0.2, 0.25) is 0 Å². The molecule has 0 heterocycles. The van der Waals surface area contributed by atoms with Gasteiger partial charge in [-0.1, -0.05) is 59.3 Å². The minimum atomic E-state index is -0.317. The zero-order valence-electron chi connectivity index (χ0n) is 13.0. The van der Waals surface area contributed by atoms with E-state index >= 15 is 0 Å². The first-order valence-electron chi connectivity index (χ1n) is 7.54. The molecule has 0 aliphatic rings.